The van der Waals surface area contributed by atoms with Crippen LogP contribution in [0.2, 0.25) is 0 Å². The summed E-state index contributed by atoms with van der Waals surface area (Å²) in [5.74, 6) is 0.856. The Labute approximate surface area is 127 Å². The lowest BCUT2D eigenvalue weighted by atomic mass is 9.81. The van der Waals surface area contributed by atoms with Crippen LogP contribution in [0.15, 0.2) is 0 Å². The van der Waals surface area contributed by atoms with Crippen LogP contribution < -0.4 is 0 Å². The number of rotatable bonds is 3. The second-order valence-electron chi connectivity index (χ2n) is 7.15. The number of nitrogens with zero attached hydrogens (tertiary/aromatic N) is 1. The minimum Gasteiger partial charge on any atom is -0.481 e. The summed E-state index contributed by atoms with van der Waals surface area (Å²) in [7, 11) is 0. The van der Waals surface area contributed by atoms with Crippen molar-refractivity contribution in [1.82, 2.24) is 4.90 Å². The predicted molar refractivity (Wildman–Crippen MR) is 81.8 cm³/mol. The molecule has 1 unspecified atom stereocenters. The third-order valence-corrected chi connectivity index (χ3v) is 5.45. The van der Waals surface area contributed by atoms with Crippen molar-refractivity contribution in [2.45, 2.75) is 58.8 Å². The van der Waals surface area contributed by atoms with E-state index in [0.29, 0.717) is 18.8 Å². The van der Waals surface area contributed by atoms with Crippen LogP contribution in [0.4, 0.5) is 0 Å². The minimum atomic E-state index is -0.699. The molecule has 0 aromatic heterocycles. The van der Waals surface area contributed by atoms with E-state index in [9.17, 15) is 9.59 Å². The monoisotopic (exact) mass is 295 g/mol. The van der Waals surface area contributed by atoms with Gasteiger partial charge >= 0.3 is 5.97 Å². The fourth-order valence-corrected chi connectivity index (χ4v) is 3.85. The number of amides is 1. The average Bonchev–Trinajstić information content (AvgIpc) is 2.72. The lowest BCUT2D eigenvalue weighted by molar-refractivity contribution is -0.145. The molecule has 0 aromatic carbocycles. The Kier molecular flexibility index (Phi) is 5.65. The third-order valence-electron chi connectivity index (χ3n) is 5.45. The van der Waals surface area contributed by atoms with Crippen molar-refractivity contribution in [3.63, 3.8) is 0 Å². The topological polar surface area (TPSA) is 57.6 Å². The molecule has 2 aliphatic rings. The van der Waals surface area contributed by atoms with E-state index in [1.54, 1.807) is 0 Å². The molecule has 1 atom stereocenters. The van der Waals surface area contributed by atoms with E-state index in [4.69, 9.17) is 5.11 Å². The van der Waals surface area contributed by atoms with Crippen LogP contribution in [-0.2, 0) is 9.59 Å². The number of likely N-dealkylation sites (tertiary alicyclic amines) is 1. The van der Waals surface area contributed by atoms with Gasteiger partial charge in [0, 0.05) is 19.0 Å². The Bertz CT molecular complexity index is 372. The molecule has 1 saturated carbocycles. The number of hydrogen-bond acceptors (Lipinski definition) is 2. The molecule has 0 radical (unpaired) electrons. The Balaban J connectivity index is 1.85. The number of hydrogen-bond donors (Lipinski definition) is 1. The van der Waals surface area contributed by atoms with Gasteiger partial charge in [-0.2, -0.15) is 0 Å². The molecule has 21 heavy (non-hydrogen) atoms. The lowest BCUT2D eigenvalue weighted by Crippen LogP contribution is -2.39. The zero-order valence-electron chi connectivity index (χ0n) is 13.4. The second-order valence-corrected chi connectivity index (χ2v) is 7.15. The van der Waals surface area contributed by atoms with Crippen molar-refractivity contribution in [1.29, 1.82) is 0 Å². The summed E-state index contributed by atoms with van der Waals surface area (Å²) in [5.41, 5.74) is 0. The molecule has 2 fully saturated rings. The molecule has 0 spiro atoms. The van der Waals surface area contributed by atoms with Crippen LogP contribution in [0.5, 0.6) is 0 Å². The molecule has 1 amide bonds. The number of carboxylic acid groups (broad SMARTS) is 1. The largest absolute Gasteiger partial charge is 0.481 e. The van der Waals surface area contributed by atoms with Gasteiger partial charge < -0.3 is 10.0 Å². The number of carboxylic acids is 1. The summed E-state index contributed by atoms with van der Waals surface area (Å²) in [6, 6.07) is 0. The highest BCUT2D eigenvalue weighted by molar-refractivity contribution is 5.79. The van der Waals surface area contributed by atoms with E-state index >= 15 is 0 Å². The van der Waals surface area contributed by atoms with Gasteiger partial charge in [0.25, 0.3) is 0 Å². The molecule has 1 heterocycles. The van der Waals surface area contributed by atoms with Crippen molar-refractivity contribution < 1.29 is 14.7 Å². The summed E-state index contributed by atoms with van der Waals surface area (Å²) >= 11 is 0. The van der Waals surface area contributed by atoms with Gasteiger partial charge in [0.2, 0.25) is 5.91 Å². The Morgan fingerprint density at radius 2 is 1.57 bits per heavy atom. The first-order valence-corrected chi connectivity index (χ1v) is 8.50. The molecule has 0 aromatic rings. The average molecular weight is 295 g/mol. The molecule has 120 valence electrons. The molecule has 1 aliphatic heterocycles. The molecule has 1 aliphatic carbocycles. The van der Waals surface area contributed by atoms with Crippen molar-refractivity contribution in [3.05, 3.63) is 0 Å². The van der Waals surface area contributed by atoms with Gasteiger partial charge in [-0.05, 0) is 56.8 Å². The summed E-state index contributed by atoms with van der Waals surface area (Å²) in [4.78, 5) is 25.7. The van der Waals surface area contributed by atoms with Crippen LogP contribution in [0.1, 0.15) is 58.8 Å². The highest BCUT2D eigenvalue weighted by Gasteiger charge is 2.32. The molecule has 2 rings (SSSR count). The Morgan fingerprint density at radius 3 is 2.14 bits per heavy atom. The van der Waals surface area contributed by atoms with E-state index in [1.165, 1.54) is 6.42 Å². The molecule has 0 bridgehead atoms. The maximum Gasteiger partial charge on any atom is 0.306 e. The van der Waals surface area contributed by atoms with Gasteiger partial charge in [-0.15, -0.1) is 0 Å². The molecular formula is C17H29NO3. The molecule has 4 nitrogen and oxygen atoms in total. The first-order valence-electron chi connectivity index (χ1n) is 8.50. The van der Waals surface area contributed by atoms with E-state index in [1.807, 2.05) is 4.90 Å². The Hall–Kier alpha value is -1.06. The van der Waals surface area contributed by atoms with Crippen LogP contribution in [0, 0.1) is 23.7 Å². The Morgan fingerprint density at radius 1 is 0.952 bits per heavy atom. The second kappa shape index (κ2) is 7.28. The zero-order chi connectivity index (χ0) is 15.4. The quantitative estimate of drug-likeness (QED) is 0.870. The van der Waals surface area contributed by atoms with Gasteiger partial charge in [-0.1, -0.05) is 13.8 Å². The third kappa shape index (κ3) is 4.21. The van der Waals surface area contributed by atoms with Gasteiger partial charge in [0.05, 0.1) is 5.92 Å². The van der Waals surface area contributed by atoms with Crippen LogP contribution >= 0.6 is 0 Å². The van der Waals surface area contributed by atoms with E-state index in [2.05, 4.69) is 13.8 Å². The van der Waals surface area contributed by atoms with Crippen LogP contribution in [0.25, 0.3) is 0 Å². The molecule has 1 N–H and O–H groups in total. The summed E-state index contributed by atoms with van der Waals surface area (Å²) in [5, 5.41) is 9.03. The zero-order valence-corrected chi connectivity index (χ0v) is 13.4. The van der Waals surface area contributed by atoms with E-state index < -0.39 is 5.97 Å². The fraction of sp³-hybridized carbons (Fsp3) is 0.882. The predicted octanol–water partition coefficient (Wildman–Crippen LogP) is 3.16. The minimum absolute atomic E-state index is 0.0659. The first-order chi connectivity index (χ1) is 9.99. The standard InChI is InChI=1S/C17H29NO3/c1-12(2)13-4-3-10-18(11-9-13)16(19)14-5-7-15(8-6-14)17(20)21/h12-15H,3-11H2,1-2H3,(H,20,21). The van der Waals surface area contributed by atoms with Crippen molar-refractivity contribution in [3.8, 4) is 0 Å². The fourth-order valence-electron chi connectivity index (χ4n) is 3.85. The normalized spacial score (nSPS) is 31.0. The highest BCUT2D eigenvalue weighted by atomic mass is 16.4. The van der Waals surface area contributed by atoms with Crippen LogP contribution in [0.3, 0.4) is 0 Å². The van der Waals surface area contributed by atoms with Gasteiger partial charge in [-0.25, -0.2) is 0 Å². The van der Waals surface area contributed by atoms with E-state index in [-0.39, 0.29) is 17.7 Å². The van der Waals surface area contributed by atoms with Crippen molar-refractivity contribution in [2.75, 3.05) is 13.1 Å². The van der Waals surface area contributed by atoms with Gasteiger partial charge in [-0.3, -0.25) is 9.59 Å². The SMILES string of the molecule is CC(C)C1CCCN(C(=O)C2CCC(C(=O)O)CC2)CC1. The van der Waals surface area contributed by atoms with Gasteiger partial charge in [0.1, 0.15) is 0 Å². The number of carbonyl (C=O) groups is 2. The maximum atomic E-state index is 12.6. The summed E-state index contributed by atoms with van der Waals surface area (Å²) in [6.45, 7) is 6.33. The summed E-state index contributed by atoms with van der Waals surface area (Å²) < 4.78 is 0. The molecule has 1 saturated heterocycles. The first kappa shape index (κ1) is 16.3. The lowest BCUT2D eigenvalue weighted by Gasteiger charge is -2.30. The highest BCUT2D eigenvalue weighted by Crippen LogP contribution is 2.31. The molecular weight excluding hydrogens is 266 g/mol. The van der Waals surface area contributed by atoms with Crippen molar-refractivity contribution >= 4 is 11.9 Å². The summed E-state index contributed by atoms with van der Waals surface area (Å²) in [6.07, 6.45) is 6.28. The van der Waals surface area contributed by atoms with Gasteiger partial charge in [0.15, 0.2) is 0 Å². The van der Waals surface area contributed by atoms with Crippen molar-refractivity contribution in [2.24, 2.45) is 23.7 Å². The smallest absolute Gasteiger partial charge is 0.306 e. The molecule has 4 heteroatoms. The number of aliphatic carboxylic acids is 1. The van der Waals surface area contributed by atoms with E-state index in [0.717, 1.165) is 44.7 Å². The van der Waals surface area contributed by atoms with Crippen LogP contribution in [-0.4, -0.2) is 35.0 Å². The maximum absolute atomic E-state index is 12.6. The number of carbonyl (C=O) groups excluding carboxylic acids is 1.